The van der Waals surface area contributed by atoms with E-state index in [1.807, 2.05) is 0 Å². The van der Waals surface area contributed by atoms with Gasteiger partial charge in [0, 0.05) is 0 Å². The third-order valence-corrected chi connectivity index (χ3v) is 2.42. The Bertz CT molecular complexity index is 98.4. The summed E-state index contributed by atoms with van der Waals surface area (Å²) in [6.45, 7) is 3.13. The van der Waals surface area contributed by atoms with E-state index < -0.39 is 0 Å². The molecule has 11 heavy (non-hydrogen) atoms. The molecule has 0 radical (unpaired) electrons. The molecule has 0 fully saturated rings. The van der Waals surface area contributed by atoms with Crippen molar-refractivity contribution < 1.29 is 23.1 Å². The first-order valence-corrected chi connectivity index (χ1v) is 5.09. The summed E-state index contributed by atoms with van der Waals surface area (Å²) in [6.07, 6.45) is 0.368. The van der Waals surface area contributed by atoms with Crippen molar-refractivity contribution in [2.45, 2.75) is 13.0 Å². The van der Waals surface area contributed by atoms with Crippen molar-refractivity contribution in [1.29, 1.82) is 0 Å². The van der Waals surface area contributed by atoms with Gasteiger partial charge < -0.3 is 0 Å². The molecule has 0 saturated heterocycles. The number of nitrogens with zero attached hydrogens (tertiary/aromatic N) is 2. The van der Waals surface area contributed by atoms with Gasteiger partial charge in [-0.15, -0.1) is 0 Å². The molecule has 0 rings (SSSR count). The maximum atomic E-state index is 5.62. The molecule has 0 aliphatic heterocycles. The third-order valence-electron chi connectivity index (χ3n) is 1.06. The van der Waals surface area contributed by atoms with Crippen LogP contribution in [-0.4, -0.2) is 49.1 Å². The van der Waals surface area contributed by atoms with Gasteiger partial charge >= 0.3 is 79.2 Å². The third kappa shape index (κ3) is 8.50. The molecular formula is C7H18N2OTi. The molecule has 0 N–H and O–H groups in total. The van der Waals surface area contributed by atoms with Crippen molar-refractivity contribution in [2.75, 3.05) is 34.7 Å². The van der Waals surface area contributed by atoms with Gasteiger partial charge in [0.2, 0.25) is 0 Å². The number of rotatable bonds is 5. The predicted octanol–water partition coefficient (Wildman–Crippen LogP) is 0.427. The van der Waals surface area contributed by atoms with E-state index in [2.05, 4.69) is 43.4 Å². The number of hydrogen-bond donors (Lipinski definition) is 0. The second-order valence-corrected chi connectivity index (χ2v) is 5.23. The molecule has 1 unspecified atom stereocenters. The van der Waals surface area contributed by atoms with Crippen LogP contribution in [0, 0.1) is 0 Å². The molecule has 0 aliphatic carbocycles. The van der Waals surface area contributed by atoms with Crippen LogP contribution >= 0.6 is 0 Å². The summed E-state index contributed by atoms with van der Waals surface area (Å²) in [7, 11) is 8.25. The van der Waals surface area contributed by atoms with Gasteiger partial charge in [-0.1, -0.05) is 0 Å². The Morgan fingerprint density at radius 2 is 1.82 bits per heavy atom. The van der Waals surface area contributed by atoms with Crippen molar-refractivity contribution in [3.63, 3.8) is 0 Å². The molecule has 0 amide bonds. The van der Waals surface area contributed by atoms with Crippen LogP contribution < -0.4 is 0 Å². The molecule has 66 valence electrons. The van der Waals surface area contributed by atoms with Gasteiger partial charge in [0.1, 0.15) is 0 Å². The van der Waals surface area contributed by atoms with Crippen LogP contribution in [0.2, 0.25) is 0 Å². The van der Waals surface area contributed by atoms with E-state index in [9.17, 15) is 0 Å². The van der Waals surface area contributed by atoms with E-state index >= 15 is 0 Å². The second-order valence-electron chi connectivity index (χ2n) is 3.18. The summed E-state index contributed by atoms with van der Waals surface area (Å²) in [5.41, 5.74) is 0. The Hall–Kier alpha value is 0.594. The van der Waals surface area contributed by atoms with Crippen LogP contribution in [0.15, 0.2) is 0 Å². The van der Waals surface area contributed by atoms with Crippen LogP contribution in [0.3, 0.4) is 0 Å². The van der Waals surface area contributed by atoms with Crippen molar-refractivity contribution >= 4 is 0 Å². The maximum absolute atomic E-state index is 5.62. The molecule has 0 aromatic rings. The molecular weight excluding hydrogens is 176 g/mol. The van der Waals surface area contributed by atoms with E-state index in [1.54, 1.807) is 0 Å². The minimum absolute atomic E-state index is 0.324. The zero-order valence-electron chi connectivity index (χ0n) is 8.09. The Balaban J connectivity index is 3.29. The number of hydrogen-bond acceptors (Lipinski definition) is 3. The average Bonchev–Trinajstić information content (AvgIpc) is 1.82. The second kappa shape index (κ2) is 6.15. The first-order valence-electron chi connectivity index (χ1n) is 3.75. The zero-order valence-corrected chi connectivity index (χ0v) is 9.65. The molecule has 3 nitrogen and oxygen atoms in total. The molecule has 4 heteroatoms. The van der Waals surface area contributed by atoms with Crippen molar-refractivity contribution in [1.82, 2.24) is 8.28 Å². The molecule has 0 aromatic heterocycles. The Morgan fingerprint density at radius 3 is 2.18 bits per heavy atom. The first kappa shape index (κ1) is 11.6. The Kier molecular flexibility index (Phi) is 6.48. The first-order chi connectivity index (χ1) is 5.02. The fourth-order valence-electron chi connectivity index (χ4n) is 0.747. The van der Waals surface area contributed by atoms with E-state index in [4.69, 9.17) is 3.32 Å². The monoisotopic (exact) mass is 194 g/mol. The zero-order chi connectivity index (χ0) is 8.85. The molecule has 1 atom stereocenters. The van der Waals surface area contributed by atoms with Gasteiger partial charge in [-0.05, 0) is 0 Å². The predicted molar refractivity (Wildman–Crippen MR) is 42.8 cm³/mol. The minimum atomic E-state index is -0.324. The van der Waals surface area contributed by atoms with Crippen LogP contribution in [0.5, 0.6) is 0 Å². The topological polar surface area (TPSA) is 15.7 Å². The fourth-order valence-corrected chi connectivity index (χ4v) is 1.47. The van der Waals surface area contributed by atoms with Gasteiger partial charge in [-0.2, -0.15) is 0 Å². The van der Waals surface area contributed by atoms with E-state index in [1.165, 1.54) is 0 Å². The SMILES string of the molecule is CC(CN(C)C)[O][Ti][N](C)C. The number of likely N-dealkylation sites (N-methyl/N-ethyl adjacent to an activating group) is 1. The van der Waals surface area contributed by atoms with Crippen molar-refractivity contribution in [3.05, 3.63) is 0 Å². The van der Waals surface area contributed by atoms with Gasteiger partial charge in [0.15, 0.2) is 0 Å². The fraction of sp³-hybridized carbons (Fsp3) is 1.00. The molecule has 0 heterocycles. The summed E-state index contributed by atoms with van der Waals surface area (Å²) in [6, 6.07) is 0. The Labute approximate surface area is 79.4 Å². The summed E-state index contributed by atoms with van der Waals surface area (Å²) < 4.78 is 7.77. The Morgan fingerprint density at radius 1 is 1.27 bits per heavy atom. The molecule has 0 saturated carbocycles. The summed E-state index contributed by atoms with van der Waals surface area (Å²) >= 11 is -0.324. The van der Waals surface area contributed by atoms with Gasteiger partial charge in [-0.3, -0.25) is 0 Å². The van der Waals surface area contributed by atoms with Crippen LogP contribution in [0.4, 0.5) is 0 Å². The standard InChI is InChI=1S/C5H12NO.C2H6N.Ti/c1-5(7)4-6(2)3;1-3-2;/h5H,4H2,1-3H3;1-2H3;/q2*-1;+2. The van der Waals surface area contributed by atoms with Crippen molar-refractivity contribution in [2.24, 2.45) is 0 Å². The molecule has 0 aliphatic rings. The van der Waals surface area contributed by atoms with Crippen LogP contribution in [0.25, 0.3) is 0 Å². The summed E-state index contributed by atoms with van der Waals surface area (Å²) in [5, 5.41) is 0. The van der Waals surface area contributed by atoms with E-state index in [0.717, 1.165) is 6.54 Å². The van der Waals surface area contributed by atoms with Gasteiger partial charge in [0.05, 0.1) is 0 Å². The normalized spacial score (nSPS) is 14.1. The van der Waals surface area contributed by atoms with Gasteiger partial charge in [-0.25, -0.2) is 0 Å². The summed E-state index contributed by atoms with van der Waals surface area (Å²) in [5.74, 6) is 0. The van der Waals surface area contributed by atoms with E-state index in [-0.39, 0.29) is 19.8 Å². The average molecular weight is 194 g/mol. The van der Waals surface area contributed by atoms with Gasteiger partial charge in [0.25, 0.3) is 0 Å². The molecule has 0 aromatic carbocycles. The molecule has 0 bridgehead atoms. The van der Waals surface area contributed by atoms with Crippen LogP contribution in [-0.2, 0) is 23.1 Å². The van der Waals surface area contributed by atoms with E-state index in [0.29, 0.717) is 6.10 Å². The summed E-state index contributed by atoms with van der Waals surface area (Å²) in [4.78, 5) is 2.15. The quantitative estimate of drug-likeness (QED) is 0.590. The molecule has 0 spiro atoms. The van der Waals surface area contributed by atoms with Crippen molar-refractivity contribution in [3.8, 4) is 0 Å². The van der Waals surface area contributed by atoms with Crippen LogP contribution in [0.1, 0.15) is 6.92 Å².